The molecule has 0 spiro atoms. The van der Waals surface area contributed by atoms with E-state index in [0.29, 0.717) is 21.7 Å². The molecule has 4 nitrogen and oxygen atoms in total. The van der Waals surface area contributed by atoms with Gasteiger partial charge in [-0.3, -0.25) is 4.79 Å². The Morgan fingerprint density at radius 1 is 1.11 bits per heavy atom. The number of benzene rings is 2. The average molecular weight is 429 g/mol. The summed E-state index contributed by atoms with van der Waals surface area (Å²) < 4.78 is 0. The topological polar surface area (TPSA) is 35.6 Å². The van der Waals surface area contributed by atoms with E-state index in [4.69, 9.17) is 23.2 Å². The van der Waals surface area contributed by atoms with E-state index in [9.17, 15) is 4.79 Å². The van der Waals surface area contributed by atoms with Crippen molar-refractivity contribution >= 4 is 52.9 Å². The molecular formula is C20H24Cl3N3O. The third-order valence-corrected chi connectivity index (χ3v) is 5.57. The number of nitrogens with one attached hydrogen (secondary N) is 1. The molecule has 2 aromatic rings. The average Bonchev–Trinajstić information content (AvgIpc) is 2.62. The van der Waals surface area contributed by atoms with Crippen LogP contribution in [0.1, 0.15) is 23.2 Å². The Morgan fingerprint density at radius 2 is 1.70 bits per heavy atom. The number of hydrogen-bond acceptors (Lipinski definition) is 3. The molecule has 0 saturated carbocycles. The van der Waals surface area contributed by atoms with Crippen LogP contribution in [0.4, 0.5) is 11.4 Å². The third-order valence-electron chi connectivity index (χ3n) is 4.94. The molecule has 0 radical (unpaired) electrons. The van der Waals surface area contributed by atoms with Crippen LogP contribution >= 0.6 is 35.6 Å². The first kappa shape index (κ1) is 21.8. The zero-order valence-electron chi connectivity index (χ0n) is 15.4. The van der Waals surface area contributed by atoms with Crippen LogP contribution in [0.5, 0.6) is 0 Å². The molecule has 0 aromatic heterocycles. The molecule has 1 saturated heterocycles. The molecule has 1 N–H and O–H groups in total. The van der Waals surface area contributed by atoms with Gasteiger partial charge in [0, 0.05) is 24.5 Å². The molecule has 1 amide bonds. The second kappa shape index (κ2) is 9.65. The SMILES string of the molecule is CN1CCC(N(C)c2cccc(NC(=O)c3c(Cl)cccc3Cl)c2)CC1.Cl. The fourth-order valence-electron chi connectivity index (χ4n) is 3.30. The van der Waals surface area contributed by atoms with Crippen molar-refractivity contribution in [2.45, 2.75) is 18.9 Å². The maximum atomic E-state index is 12.6. The van der Waals surface area contributed by atoms with Gasteiger partial charge in [-0.25, -0.2) is 0 Å². The molecule has 0 bridgehead atoms. The van der Waals surface area contributed by atoms with Gasteiger partial charge in [0.1, 0.15) is 0 Å². The molecule has 7 heteroatoms. The molecule has 0 atom stereocenters. The number of carbonyl (C=O) groups excluding carboxylic acids is 1. The van der Waals surface area contributed by atoms with Crippen molar-refractivity contribution in [1.82, 2.24) is 4.90 Å². The summed E-state index contributed by atoms with van der Waals surface area (Å²) in [4.78, 5) is 17.2. The van der Waals surface area contributed by atoms with Crippen LogP contribution in [0.3, 0.4) is 0 Å². The van der Waals surface area contributed by atoms with E-state index >= 15 is 0 Å². The number of piperidine rings is 1. The summed E-state index contributed by atoms with van der Waals surface area (Å²) in [5.41, 5.74) is 2.11. The summed E-state index contributed by atoms with van der Waals surface area (Å²) >= 11 is 12.3. The van der Waals surface area contributed by atoms with Crippen LogP contribution in [-0.4, -0.2) is 44.0 Å². The van der Waals surface area contributed by atoms with Gasteiger partial charge < -0.3 is 15.1 Å². The quantitative estimate of drug-likeness (QED) is 0.727. The van der Waals surface area contributed by atoms with E-state index in [-0.39, 0.29) is 18.3 Å². The Morgan fingerprint density at radius 3 is 2.33 bits per heavy atom. The maximum Gasteiger partial charge on any atom is 0.258 e. The Bertz CT molecular complexity index is 772. The molecule has 3 rings (SSSR count). The first-order valence-electron chi connectivity index (χ1n) is 8.72. The van der Waals surface area contributed by atoms with Crippen LogP contribution in [0.2, 0.25) is 10.0 Å². The zero-order chi connectivity index (χ0) is 18.7. The molecule has 2 aromatic carbocycles. The highest BCUT2D eigenvalue weighted by atomic mass is 35.5. The number of hydrogen-bond donors (Lipinski definition) is 1. The lowest BCUT2D eigenvalue weighted by Gasteiger charge is -2.36. The predicted octanol–water partition coefficient (Wildman–Crippen LogP) is 5.20. The lowest BCUT2D eigenvalue weighted by molar-refractivity contribution is 0.102. The molecule has 1 aliphatic heterocycles. The lowest BCUT2D eigenvalue weighted by Crippen LogP contribution is -2.42. The summed E-state index contributed by atoms with van der Waals surface area (Å²) in [6.45, 7) is 2.22. The van der Waals surface area contributed by atoms with Crippen molar-refractivity contribution in [3.05, 3.63) is 58.1 Å². The van der Waals surface area contributed by atoms with E-state index in [0.717, 1.165) is 37.3 Å². The largest absolute Gasteiger partial charge is 0.371 e. The highest BCUT2D eigenvalue weighted by molar-refractivity contribution is 6.40. The fraction of sp³-hybridized carbons (Fsp3) is 0.350. The summed E-state index contributed by atoms with van der Waals surface area (Å²) in [7, 11) is 4.27. The summed E-state index contributed by atoms with van der Waals surface area (Å²) in [6.07, 6.45) is 2.28. The number of anilines is 2. The van der Waals surface area contributed by atoms with E-state index in [1.165, 1.54) is 0 Å². The van der Waals surface area contributed by atoms with Gasteiger partial charge >= 0.3 is 0 Å². The van der Waals surface area contributed by atoms with Crippen LogP contribution in [0, 0.1) is 0 Å². The Labute approximate surface area is 176 Å². The van der Waals surface area contributed by atoms with Crippen molar-refractivity contribution < 1.29 is 4.79 Å². The number of likely N-dealkylation sites (tertiary alicyclic amines) is 1. The normalized spacial score (nSPS) is 15.1. The van der Waals surface area contributed by atoms with Crippen LogP contribution < -0.4 is 10.2 Å². The Balaban J connectivity index is 0.00000261. The fourth-order valence-corrected chi connectivity index (χ4v) is 3.87. The number of nitrogens with zero attached hydrogens (tertiary/aromatic N) is 2. The van der Waals surface area contributed by atoms with E-state index in [1.54, 1.807) is 18.2 Å². The monoisotopic (exact) mass is 427 g/mol. The molecular weight excluding hydrogens is 405 g/mol. The summed E-state index contributed by atoms with van der Waals surface area (Å²) in [5.74, 6) is -0.306. The van der Waals surface area contributed by atoms with Gasteiger partial charge in [0.05, 0.1) is 15.6 Å². The summed E-state index contributed by atoms with van der Waals surface area (Å²) in [5, 5.41) is 3.59. The number of amides is 1. The highest BCUT2D eigenvalue weighted by Crippen LogP contribution is 2.27. The van der Waals surface area contributed by atoms with Crippen LogP contribution in [-0.2, 0) is 0 Å². The molecule has 0 unspecified atom stereocenters. The van der Waals surface area contributed by atoms with E-state index < -0.39 is 0 Å². The van der Waals surface area contributed by atoms with Crippen LogP contribution in [0.25, 0.3) is 0 Å². The lowest BCUT2D eigenvalue weighted by atomic mass is 10.0. The van der Waals surface area contributed by atoms with Gasteiger partial charge in [-0.1, -0.05) is 35.3 Å². The molecule has 1 aliphatic rings. The molecule has 27 heavy (non-hydrogen) atoms. The second-order valence-electron chi connectivity index (χ2n) is 6.75. The van der Waals surface area contributed by atoms with Crippen molar-refractivity contribution in [3.8, 4) is 0 Å². The Hall–Kier alpha value is -1.46. The van der Waals surface area contributed by atoms with Crippen molar-refractivity contribution in [3.63, 3.8) is 0 Å². The van der Waals surface area contributed by atoms with Gasteiger partial charge in [0.25, 0.3) is 5.91 Å². The standard InChI is InChI=1S/C20H23Cl2N3O.ClH/c1-24-11-9-15(10-12-24)25(2)16-6-3-5-14(13-16)23-20(26)19-17(21)7-4-8-18(19)22;/h3-8,13,15H,9-12H2,1-2H3,(H,23,26);1H. The number of halogens is 3. The number of rotatable bonds is 4. The summed E-state index contributed by atoms with van der Waals surface area (Å²) in [6, 6.07) is 13.4. The molecule has 0 aliphatic carbocycles. The van der Waals surface area contributed by atoms with Crippen molar-refractivity contribution in [1.29, 1.82) is 0 Å². The first-order chi connectivity index (χ1) is 12.5. The zero-order valence-corrected chi connectivity index (χ0v) is 17.7. The van der Waals surface area contributed by atoms with Gasteiger partial charge in [-0.15, -0.1) is 12.4 Å². The highest BCUT2D eigenvalue weighted by Gasteiger charge is 2.21. The Kier molecular flexibility index (Phi) is 7.80. The van der Waals surface area contributed by atoms with E-state index in [1.807, 2.05) is 18.2 Å². The third kappa shape index (κ3) is 5.29. The maximum absolute atomic E-state index is 12.6. The van der Waals surface area contributed by atoms with Crippen LogP contribution in [0.15, 0.2) is 42.5 Å². The van der Waals surface area contributed by atoms with Gasteiger partial charge in [0.15, 0.2) is 0 Å². The second-order valence-corrected chi connectivity index (χ2v) is 7.56. The predicted molar refractivity (Wildman–Crippen MR) is 117 cm³/mol. The molecule has 1 fully saturated rings. The van der Waals surface area contributed by atoms with Gasteiger partial charge in [-0.2, -0.15) is 0 Å². The minimum Gasteiger partial charge on any atom is -0.371 e. The van der Waals surface area contributed by atoms with Gasteiger partial charge in [0.2, 0.25) is 0 Å². The smallest absolute Gasteiger partial charge is 0.258 e. The number of carbonyl (C=O) groups is 1. The first-order valence-corrected chi connectivity index (χ1v) is 9.48. The van der Waals surface area contributed by atoms with Crippen molar-refractivity contribution in [2.24, 2.45) is 0 Å². The molecule has 1 heterocycles. The minimum absolute atomic E-state index is 0. The molecule has 146 valence electrons. The van der Waals surface area contributed by atoms with Gasteiger partial charge in [-0.05, 0) is 63.3 Å². The minimum atomic E-state index is -0.306. The van der Waals surface area contributed by atoms with Crippen molar-refractivity contribution in [2.75, 3.05) is 37.4 Å². The van der Waals surface area contributed by atoms with E-state index in [2.05, 4.69) is 35.3 Å².